The predicted octanol–water partition coefficient (Wildman–Crippen LogP) is 2.30. The molecular weight excluding hydrogens is 506 g/mol. The Kier molecular flexibility index (Phi) is 6.76. The highest BCUT2D eigenvalue weighted by Crippen LogP contribution is 2.40. The molecule has 13 heteroatoms. The van der Waals surface area contributed by atoms with Crippen molar-refractivity contribution in [3.63, 3.8) is 0 Å². The Bertz CT molecular complexity index is 1290. The number of carbonyl (C=O) groups excluding carboxylic acids is 3. The quantitative estimate of drug-likeness (QED) is 0.401. The van der Waals surface area contributed by atoms with Gasteiger partial charge in [0, 0.05) is 29.8 Å². The summed E-state index contributed by atoms with van der Waals surface area (Å²) in [4.78, 5) is 41.3. The van der Waals surface area contributed by atoms with E-state index >= 15 is 0 Å². The van der Waals surface area contributed by atoms with E-state index in [1.807, 2.05) is 5.38 Å². The van der Waals surface area contributed by atoms with E-state index < -0.39 is 23.8 Å². The lowest BCUT2D eigenvalue weighted by molar-refractivity contribution is -0.122. The third kappa shape index (κ3) is 4.59. The average Bonchev–Trinajstić information content (AvgIpc) is 3.67. The predicted molar refractivity (Wildman–Crippen MR) is 133 cm³/mol. The highest BCUT2D eigenvalue weighted by Gasteiger charge is 2.37. The molecule has 1 fully saturated rings. The maximum Gasteiger partial charge on any atom is 0.273 e. The highest BCUT2D eigenvalue weighted by atomic mass is 32.1. The number of nitrogen functional groups attached to an aromatic ring is 1. The van der Waals surface area contributed by atoms with Crippen LogP contribution in [0.2, 0.25) is 0 Å². The van der Waals surface area contributed by atoms with E-state index in [-0.39, 0.29) is 29.2 Å². The molecule has 11 nitrogen and oxygen atoms in total. The number of amides is 3. The number of benzene rings is 1. The van der Waals surface area contributed by atoms with Crippen LogP contribution in [0.1, 0.15) is 43.9 Å². The van der Waals surface area contributed by atoms with Gasteiger partial charge in [-0.1, -0.05) is 6.07 Å². The number of anilines is 2. The van der Waals surface area contributed by atoms with Crippen LogP contribution in [-0.2, 0) is 9.53 Å². The van der Waals surface area contributed by atoms with Gasteiger partial charge in [-0.05, 0) is 48.0 Å². The number of carbonyl (C=O) groups is 3. The largest absolute Gasteiger partial charge is 0.454 e. The molecule has 0 radical (unpaired) electrons. The maximum absolute atomic E-state index is 14.0. The van der Waals surface area contributed by atoms with Crippen molar-refractivity contribution in [3.8, 4) is 11.5 Å². The van der Waals surface area contributed by atoms with Crippen molar-refractivity contribution in [2.45, 2.75) is 25.0 Å². The molecule has 2 aromatic heterocycles. The number of rotatable bonds is 8. The molecule has 0 aliphatic carbocycles. The number of thiophene rings is 1. The number of hydrogen-bond donors (Lipinski definition) is 3. The summed E-state index contributed by atoms with van der Waals surface area (Å²) in [7, 11) is 0. The summed E-state index contributed by atoms with van der Waals surface area (Å²) in [5.74, 6) is -0.888. The van der Waals surface area contributed by atoms with Gasteiger partial charge in [0.2, 0.25) is 12.7 Å². The summed E-state index contributed by atoms with van der Waals surface area (Å²) < 4.78 is 20.5. The first-order valence-corrected chi connectivity index (χ1v) is 12.8. The number of fused-ring (bicyclic) bond motifs is 1. The summed E-state index contributed by atoms with van der Waals surface area (Å²) in [5, 5.41) is 4.76. The Morgan fingerprint density at radius 1 is 1.22 bits per heavy atom. The first kappa shape index (κ1) is 24.0. The van der Waals surface area contributed by atoms with Gasteiger partial charge < -0.3 is 31.0 Å². The van der Waals surface area contributed by atoms with Crippen LogP contribution in [0.25, 0.3) is 0 Å². The summed E-state index contributed by atoms with van der Waals surface area (Å²) in [5.41, 5.74) is 11.5. The lowest BCUT2D eigenvalue weighted by atomic mass is 10.1. The van der Waals surface area contributed by atoms with Crippen molar-refractivity contribution in [1.29, 1.82) is 0 Å². The van der Waals surface area contributed by atoms with E-state index in [0.29, 0.717) is 35.2 Å². The lowest BCUT2D eigenvalue weighted by Crippen LogP contribution is -2.45. The molecule has 3 amide bonds. The van der Waals surface area contributed by atoms with Gasteiger partial charge in [0.05, 0.1) is 11.8 Å². The van der Waals surface area contributed by atoms with Crippen LogP contribution in [0.3, 0.4) is 0 Å². The van der Waals surface area contributed by atoms with E-state index in [1.54, 1.807) is 30.3 Å². The van der Waals surface area contributed by atoms with Crippen molar-refractivity contribution in [2.75, 3.05) is 30.6 Å². The van der Waals surface area contributed by atoms with Crippen molar-refractivity contribution in [3.05, 3.63) is 51.2 Å². The topological polar surface area (TPSA) is 159 Å². The smallest absolute Gasteiger partial charge is 0.273 e. The Labute approximate surface area is 214 Å². The normalized spacial score (nSPS) is 17.1. The third-order valence-electron chi connectivity index (χ3n) is 5.86. The van der Waals surface area contributed by atoms with Gasteiger partial charge in [-0.15, -0.1) is 11.3 Å². The Hall–Kier alpha value is -3.68. The van der Waals surface area contributed by atoms with Crippen LogP contribution in [0.5, 0.6) is 11.5 Å². The fourth-order valence-corrected chi connectivity index (χ4v) is 5.65. The maximum atomic E-state index is 14.0. The zero-order valence-corrected chi connectivity index (χ0v) is 20.6. The minimum atomic E-state index is -1.04. The van der Waals surface area contributed by atoms with Crippen molar-refractivity contribution >= 4 is 52.0 Å². The molecule has 4 heterocycles. The minimum absolute atomic E-state index is 0.00468. The molecule has 2 atom stereocenters. The van der Waals surface area contributed by atoms with Crippen molar-refractivity contribution < 1.29 is 28.6 Å². The number of hydrogen-bond acceptors (Lipinski definition) is 10. The summed E-state index contributed by atoms with van der Waals surface area (Å²) in [6, 6.07) is 7.48. The fourth-order valence-electron chi connectivity index (χ4n) is 4.09. The van der Waals surface area contributed by atoms with E-state index in [4.69, 9.17) is 25.7 Å². The number of aromatic nitrogens is 1. The van der Waals surface area contributed by atoms with Gasteiger partial charge in [0.25, 0.3) is 11.8 Å². The van der Waals surface area contributed by atoms with E-state index in [2.05, 4.69) is 9.69 Å². The van der Waals surface area contributed by atoms with Gasteiger partial charge in [-0.25, -0.2) is 0 Å². The Morgan fingerprint density at radius 3 is 2.75 bits per heavy atom. The van der Waals surface area contributed by atoms with E-state index in [0.717, 1.165) is 24.4 Å². The SMILES string of the molecule is NC(=O)c1nsc(C(=O)N(c2ccc3c(c2)OCO3)[C@H](C(=O)NC[C@H]2CCCO2)c2cccs2)c1N. The van der Waals surface area contributed by atoms with E-state index in [9.17, 15) is 14.4 Å². The fraction of sp³-hybridized carbons (Fsp3) is 0.304. The summed E-state index contributed by atoms with van der Waals surface area (Å²) in [6.07, 6.45) is 1.70. The van der Waals surface area contributed by atoms with Gasteiger partial charge in [0.15, 0.2) is 23.2 Å². The second-order valence-corrected chi connectivity index (χ2v) is 9.90. The number of nitrogens with zero attached hydrogens (tertiary/aromatic N) is 2. The lowest BCUT2D eigenvalue weighted by Gasteiger charge is -2.30. The molecule has 1 aromatic carbocycles. The van der Waals surface area contributed by atoms with Crippen molar-refractivity contribution in [1.82, 2.24) is 9.69 Å². The van der Waals surface area contributed by atoms with Gasteiger partial charge in [-0.3, -0.25) is 19.3 Å². The molecule has 1 saturated heterocycles. The van der Waals surface area contributed by atoms with Crippen molar-refractivity contribution in [2.24, 2.45) is 5.73 Å². The monoisotopic (exact) mass is 529 g/mol. The van der Waals surface area contributed by atoms with Crippen LogP contribution < -0.4 is 31.2 Å². The third-order valence-corrected chi connectivity index (χ3v) is 7.63. The second-order valence-electron chi connectivity index (χ2n) is 8.15. The number of ether oxygens (including phenoxy) is 3. The Balaban J connectivity index is 1.57. The van der Waals surface area contributed by atoms with Gasteiger partial charge in [-0.2, -0.15) is 4.37 Å². The van der Waals surface area contributed by atoms with Crippen LogP contribution >= 0.6 is 22.9 Å². The first-order valence-electron chi connectivity index (χ1n) is 11.1. The molecule has 0 unspecified atom stereocenters. The highest BCUT2D eigenvalue weighted by molar-refractivity contribution is 7.10. The zero-order valence-electron chi connectivity index (χ0n) is 19.0. The second kappa shape index (κ2) is 10.1. The van der Waals surface area contributed by atoms with Crippen LogP contribution in [0.15, 0.2) is 35.7 Å². The molecule has 2 aliphatic rings. The molecule has 3 aromatic rings. The number of nitrogens with one attached hydrogen (secondary N) is 1. The molecule has 0 bridgehead atoms. The summed E-state index contributed by atoms with van der Waals surface area (Å²) in [6.45, 7) is 1.02. The molecular formula is C23H23N5O6S2. The van der Waals surface area contributed by atoms with Gasteiger partial charge in [0.1, 0.15) is 4.88 Å². The minimum Gasteiger partial charge on any atom is -0.454 e. The standard InChI is InChI=1S/C23H23N5O6S2/c24-17-18(21(25)29)27-36-20(17)23(31)28(12-5-6-14-15(9-12)34-11-33-14)19(16-4-2-8-35-16)22(30)26-10-13-3-1-7-32-13/h2,4-6,8-9,13,19H,1,3,7,10-11,24H2,(H2,25,29)(H,26,30)/t13-,19+/m1/s1. The molecule has 0 saturated carbocycles. The van der Waals surface area contributed by atoms with Gasteiger partial charge >= 0.3 is 0 Å². The molecule has 5 rings (SSSR count). The number of primary amides is 1. The Morgan fingerprint density at radius 2 is 2.06 bits per heavy atom. The number of nitrogens with two attached hydrogens (primary N) is 2. The first-order chi connectivity index (χ1) is 17.4. The molecule has 36 heavy (non-hydrogen) atoms. The average molecular weight is 530 g/mol. The van der Waals surface area contributed by atoms with Crippen LogP contribution in [-0.4, -0.2) is 48.1 Å². The molecule has 2 aliphatic heterocycles. The molecule has 0 spiro atoms. The van der Waals surface area contributed by atoms with E-state index in [1.165, 1.54) is 16.2 Å². The van der Waals surface area contributed by atoms with Crippen LogP contribution in [0, 0.1) is 0 Å². The molecule has 188 valence electrons. The zero-order chi connectivity index (χ0) is 25.2. The molecule has 5 N–H and O–H groups in total. The summed E-state index contributed by atoms with van der Waals surface area (Å²) >= 11 is 2.08. The van der Waals surface area contributed by atoms with Crippen LogP contribution in [0.4, 0.5) is 11.4 Å².